The van der Waals surface area contributed by atoms with Gasteiger partial charge >= 0.3 is 0 Å². The second kappa shape index (κ2) is 10.3. The van der Waals surface area contributed by atoms with Crippen molar-refractivity contribution in [2.45, 2.75) is 26.0 Å². The summed E-state index contributed by atoms with van der Waals surface area (Å²) in [6.07, 6.45) is -0.277. The van der Waals surface area contributed by atoms with E-state index < -0.39 is 6.04 Å². The van der Waals surface area contributed by atoms with E-state index in [1.165, 1.54) is 0 Å². The minimum absolute atomic E-state index is 0. The molecule has 1 heterocycles. The molecule has 0 radical (unpaired) electrons. The van der Waals surface area contributed by atoms with Gasteiger partial charge in [-0.2, -0.15) is 0 Å². The van der Waals surface area contributed by atoms with Gasteiger partial charge < -0.3 is 20.7 Å². The predicted octanol–water partition coefficient (Wildman–Crippen LogP) is 2.41. The SMILES string of the molecule is CC(C)[C@H](N)C(=O)NCC(=O)N1CCOC(c2ccc(Cl)c(Cl)c2)C1.Cl. The quantitative estimate of drug-likeness (QED) is 0.760. The van der Waals surface area contributed by atoms with Crippen molar-refractivity contribution in [3.05, 3.63) is 33.8 Å². The summed E-state index contributed by atoms with van der Waals surface area (Å²) in [6.45, 7) is 4.92. The van der Waals surface area contributed by atoms with Gasteiger partial charge in [-0.1, -0.05) is 43.1 Å². The average Bonchev–Trinajstić information content (AvgIpc) is 2.61. The van der Waals surface area contributed by atoms with Crippen molar-refractivity contribution in [3.8, 4) is 0 Å². The van der Waals surface area contributed by atoms with Gasteiger partial charge in [-0.05, 0) is 23.6 Å². The standard InChI is InChI=1S/C17H23Cl2N3O3.ClH/c1-10(2)16(20)17(24)21-8-15(23)22-5-6-25-14(9-22)11-3-4-12(18)13(19)7-11;/h3-4,7,10,14,16H,5-6,8-9,20H2,1-2H3,(H,21,24);1H/t14?,16-;/m0./s1. The second-order valence-corrected chi connectivity index (χ2v) is 7.17. The van der Waals surface area contributed by atoms with Crippen LogP contribution in [0.5, 0.6) is 0 Å². The molecule has 0 saturated carbocycles. The van der Waals surface area contributed by atoms with Crippen molar-refractivity contribution >= 4 is 47.4 Å². The molecule has 1 fully saturated rings. The van der Waals surface area contributed by atoms with Gasteiger partial charge in [0.25, 0.3) is 0 Å². The lowest BCUT2D eigenvalue weighted by atomic mass is 10.1. The number of benzene rings is 1. The number of halogens is 3. The molecule has 146 valence electrons. The van der Waals surface area contributed by atoms with Gasteiger partial charge in [0, 0.05) is 6.54 Å². The molecule has 1 aromatic rings. The van der Waals surface area contributed by atoms with Crippen molar-refractivity contribution < 1.29 is 14.3 Å². The fourth-order valence-corrected chi connectivity index (χ4v) is 2.79. The summed E-state index contributed by atoms with van der Waals surface area (Å²) >= 11 is 12.0. The van der Waals surface area contributed by atoms with Crippen LogP contribution in [0.2, 0.25) is 10.0 Å². The van der Waals surface area contributed by atoms with Gasteiger partial charge in [0.15, 0.2) is 0 Å². The first-order valence-electron chi connectivity index (χ1n) is 8.17. The van der Waals surface area contributed by atoms with E-state index in [4.69, 9.17) is 33.7 Å². The van der Waals surface area contributed by atoms with Gasteiger partial charge in [-0.15, -0.1) is 12.4 Å². The summed E-state index contributed by atoms with van der Waals surface area (Å²) in [5.74, 6) is -0.479. The van der Waals surface area contributed by atoms with E-state index in [2.05, 4.69) is 5.32 Å². The number of nitrogens with one attached hydrogen (secondary N) is 1. The summed E-state index contributed by atoms with van der Waals surface area (Å²) in [6, 6.07) is 4.65. The summed E-state index contributed by atoms with van der Waals surface area (Å²) in [4.78, 5) is 25.9. The number of hydrogen-bond donors (Lipinski definition) is 2. The number of rotatable bonds is 5. The van der Waals surface area contributed by atoms with Crippen LogP contribution in [-0.2, 0) is 14.3 Å². The number of nitrogens with zero attached hydrogens (tertiary/aromatic N) is 1. The van der Waals surface area contributed by atoms with Crippen LogP contribution in [0.1, 0.15) is 25.5 Å². The molecule has 1 saturated heterocycles. The maximum atomic E-state index is 12.4. The molecule has 6 nitrogen and oxygen atoms in total. The molecule has 3 N–H and O–H groups in total. The lowest BCUT2D eigenvalue weighted by molar-refractivity contribution is -0.139. The smallest absolute Gasteiger partial charge is 0.242 e. The van der Waals surface area contributed by atoms with Crippen LogP contribution in [-0.4, -0.2) is 49.0 Å². The van der Waals surface area contributed by atoms with Crippen LogP contribution in [0.3, 0.4) is 0 Å². The fraction of sp³-hybridized carbons (Fsp3) is 0.529. The maximum Gasteiger partial charge on any atom is 0.242 e. The Bertz CT molecular complexity index is 643. The molecule has 0 bridgehead atoms. The van der Waals surface area contributed by atoms with Crippen LogP contribution in [0, 0.1) is 5.92 Å². The molecule has 26 heavy (non-hydrogen) atoms. The molecule has 1 unspecified atom stereocenters. The van der Waals surface area contributed by atoms with Gasteiger partial charge in [0.2, 0.25) is 11.8 Å². The highest BCUT2D eigenvalue weighted by molar-refractivity contribution is 6.42. The number of morpholine rings is 1. The second-order valence-electron chi connectivity index (χ2n) is 6.36. The number of amides is 2. The monoisotopic (exact) mass is 423 g/mol. The topological polar surface area (TPSA) is 84.7 Å². The van der Waals surface area contributed by atoms with Crippen LogP contribution in [0.4, 0.5) is 0 Å². The van der Waals surface area contributed by atoms with Crippen LogP contribution in [0.15, 0.2) is 18.2 Å². The fourth-order valence-electron chi connectivity index (χ4n) is 2.49. The first kappa shape index (κ1) is 23.0. The zero-order chi connectivity index (χ0) is 18.6. The lowest BCUT2D eigenvalue weighted by Gasteiger charge is -2.33. The molecular formula is C17H24Cl3N3O3. The molecule has 2 atom stereocenters. The van der Waals surface area contributed by atoms with Crippen molar-refractivity contribution in [2.75, 3.05) is 26.2 Å². The minimum atomic E-state index is -0.624. The third-order valence-electron chi connectivity index (χ3n) is 4.17. The van der Waals surface area contributed by atoms with Crippen molar-refractivity contribution in [2.24, 2.45) is 11.7 Å². The molecule has 0 aromatic heterocycles. The maximum absolute atomic E-state index is 12.4. The molecule has 0 aliphatic carbocycles. The zero-order valence-corrected chi connectivity index (χ0v) is 17.0. The summed E-state index contributed by atoms with van der Waals surface area (Å²) in [5, 5.41) is 3.51. The van der Waals surface area contributed by atoms with Gasteiger partial charge in [-0.3, -0.25) is 9.59 Å². The van der Waals surface area contributed by atoms with Gasteiger partial charge in [0.1, 0.15) is 6.10 Å². The summed E-state index contributed by atoms with van der Waals surface area (Å²) in [7, 11) is 0. The van der Waals surface area contributed by atoms with Gasteiger partial charge in [-0.25, -0.2) is 0 Å². The van der Waals surface area contributed by atoms with Crippen LogP contribution < -0.4 is 11.1 Å². The number of ether oxygens (including phenoxy) is 1. The third kappa shape index (κ3) is 5.99. The van der Waals surface area contributed by atoms with E-state index in [9.17, 15) is 9.59 Å². The Morgan fingerprint density at radius 2 is 2.04 bits per heavy atom. The Morgan fingerprint density at radius 3 is 2.65 bits per heavy atom. The van der Waals surface area contributed by atoms with E-state index in [1.54, 1.807) is 17.0 Å². The van der Waals surface area contributed by atoms with E-state index in [0.29, 0.717) is 29.7 Å². The Kier molecular flexibility index (Phi) is 9.13. The van der Waals surface area contributed by atoms with E-state index >= 15 is 0 Å². The minimum Gasteiger partial charge on any atom is -0.370 e. The van der Waals surface area contributed by atoms with Crippen molar-refractivity contribution in [3.63, 3.8) is 0 Å². The first-order chi connectivity index (χ1) is 11.8. The van der Waals surface area contributed by atoms with Crippen LogP contribution in [0.25, 0.3) is 0 Å². The number of hydrogen-bond acceptors (Lipinski definition) is 4. The number of nitrogens with two attached hydrogens (primary N) is 1. The van der Waals surface area contributed by atoms with E-state index in [0.717, 1.165) is 5.56 Å². The lowest BCUT2D eigenvalue weighted by Crippen LogP contribution is -2.50. The highest BCUT2D eigenvalue weighted by atomic mass is 35.5. The summed E-state index contributed by atoms with van der Waals surface area (Å²) < 4.78 is 5.73. The Balaban J connectivity index is 0.00000338. The molecule has 2 rings (SSSR count). The first-order valence-corrected chi connectivity index (χ1v) is 8.92. The highest BCUT2D eigenvalue weighted by Crippen LogP contribution is 2.29. The molecule has 2 amide bonds. The summed E-state index contributed by atoms with van der Waals surface area (Å²) in [5.41, 5.74) is 6.63. The molecule has 1 aromatic carbocycles. The normalized spacial score (nSPS) is 18.2. The molecule has 0 spiro atoms. The Labute approximate surface area is 169 Å². The third-order valence-corrected chi connectivity index (χ3v) is 4.91. The van der Waals surface area contributed by atoms with E-state index in [1.807, 2.05) is 19.9 Å². The van der Waals surface area contributed by atoms with Crippen LogP contribution >= 0.6 is 35.6 Å². The average molecular weight is 425 g/mol. The molecular weight excluding hydrogens is 401 g/mol. The number of carbonyl (C=O) groups is 2. The highest BCUT2D eigenvalue weighted by Gasteiger charge is 2.26. The Hall–Kier alpha value is -1.05. The van der Waals surface area contributed by atoms with E-state index in [-0.39, 0.29) is 42.8 Å². The predicted molar refractivity (Wildman–Crippen MR) is 105 cm³/mol. The molecule has 9 heteroatoms. The Morgan fingerprint density at radius 1 is 1.35 bits per heavy atom. The molecule has 1 aliphatic heterocycles. The zero-order valence-electron chi connectivity index (χ0n) is 14.7. The molecule has 1 aliphatic rings. The van der Waals surface area contributed by atoms with Gasteiger partial charge in [0.05, 0.1) is 35.8 Å². The largest absolute Gasteiger partial charge is 0.370 e. The van der Waals surface area contributed by atoms with Crippen molar-refractivity contribution in [1.82, 2.24) is 10.2 Å². The number of carbonyl (C=O) groups excluding carboxylic acids is 2. The van der Waals surface area contributed by atoms with Crippen molar-refractivity contribution in [1.29, 1.82) is 0 Å².